The quantitative estimate of drug-likeness (QED) is 0.797. The topological polar surface area (TPSA) is 49.0 Å². The molecule has 0 amide bonds. The summed E-state index contributed by atoms with van der Waals surface area (Å²) in [4.78, 5) is 8.68. The first-order chi connectivity index (χ1) is 9.60. The van der Waals surface area contributed by atoms with Gasteiger partial charge in [0.1, 0.15) is 16.7 Å². The zero-order valence-electron chi connectivity index (χ0n) is 11.2. The number of halogens is 1. The number of nitriles is 1. The fourth-order valence-electron chi connectivity index (χ4n) is 1.71. The molecule has 0 aliphatic carbocycles. The average Bonchev–Trinajstić information content (AvgIpc) is 2.86. The van der Waals surface area contributed by atoms with Crippen LogP contribution in [0.5, 0.6) is 0 Å². The monoisotopic (exact) mass is 287 g/mol. The lowest BCUT2D eigenvalue weighted by Gasteiger charge is -2.07. The van der Waals surface area contributed by atoms with E-state index in [1.165, 1.54) is 23.5 Å². The Kier molecular flexibility index (Phi) is 4.59. The first kappa shape index (κ1) is 14.4. The molecule has 3 nitrogen and oxygen atoms in total. The van der Waals surface area contributed by atoms with E-state index in [4.69, 9.17) is 0 Å². The first-order valence-corrected chi connectivity index (χ1v) is 7.08. The molecule has 0 saturated carbocycles. The van der Waals surface area contributed by atoms with Crippen molar-refractivity contribution in [2.45, 2.75) is 25.8 Å². The summed E-state index contributed by atoms with van der Waals surface area (Å²) >= 11 is 1.46. The van der Waals surface area contributed by atoms with Crippen LogP contribution in [0.2, 0.25) is 0 Å². The largest absolute Gasteiger partial charge is 0.288 e. The molecule has 2 rings (SSSR count). The van der Waals surface area contributed by atoms with Crippen LogP contribution in [-0.2, 0) is 0 Å². The summed E-state index contributed by atoms with van der Waals surface area (Å²) < 4.78 is 12.9. The van der Waals surface area contributed by atoms with Gasteiger partial charge in [0.05, 0.1) is 12.1 Å². The minimum absolute atomic E-state index is 0.118. The second-order valence-electron chi connectivity index (χ2n) is 4.46. The van der Waals surface area contributed by atoms with Crippen LogP contribution in [0.25, 0.3) is 0 Å². The van der Waals surface area contributed by atoms with Gasteiger partial charge in [-0.05, 0) is 31.5 Å². The highest BCUT2D eigenvalue weighted by Gasteiger charge is 2.12. The van der Waals surface area contributed by atoms with Crippen LogP contribution in [0.4, 0.5) is 4.39 Å². The lowest BCUT2D eigenvalue weighted by molar-refractivity contribution is 0.626. The minimum atomic E-state index is -0.434. The van der Waals surface area contributed by atoms with Crippen LogP contribution >= 0.6 is 11.3 Å². The van der Waals surface area contributed by atoms with Crippen LogP contribution in [-0.4, -0.2) is 11.2 Å². The van der Waals surface area contributed by atoms with Crippen molar-refractivity contribution in [3.8, 4) is 6.07 Å². The first-order valence-electron chi connectivity index (χ1n) is 6.20. The minimum Gasteiger partial charge on any atom is -0.288 e. The third kappa shape index (κ3) is 3.49. The molecule has 0 bridgehead atoms. The summed E-state index contributed by atoms with van der Waals surface area (Å²) in [6.45, 7) is 3.80. The van der Waals surface area contributed by atoms with Gasteiger partial charge in [-0.3, -0.25) is 4.99 Å². The van der Waals surface area contributed by atoms with Gasteiger partial charge in [-0.15, -0.1) is 11.3 Å². The van der Waals surface area contributed by atoms with Gasteiger partial charge >= 0.3 is 0 Å². The molecule has 5 heteroatoms. The van der Waals surface area contributed by atoms with E-state index in [-0.39, 0.29) is 11.9 Å². The van der Waals surface area contributed by atoms with E-state index < -0.39 is 5.92 Å². The molecular weight excluding hydrogens is 273 g/mol. The summed E-state index contributed by atoms with van der Waals surface area (Å²) in [6, 6.07) is 8.29. The molecule has 1 aromatic carbocycles. The van der Waals surface area contributed by atoms with Gasteiger partial charge in [-0.1, -0.05) is 12.1 Å². The molecule has 0 saturated heterocycles. The van der Waals surface area contributed by atoms with Crippen molar-refractivity contribution in [1.29, 1.82) is 5.26 Å². The fourth-order valence-corrected chi connectivity index (χ4v) is 2.51. The van der Waals surface area contributed by atoms with E-state index in [1.807, 2.05) is 19.2 Å². The predicted octanol–water partition coefficient (Wildman–Crippen LogP) is 4.03. The van der Waals surface area contributed by atoms with E-state index in [0.29, 0.717) is 0 Å². The van der Waals surface area contributed by atoms with E-state index in [1.54, 1.807) is 18.3 Å². The summed E-state index contributed by atoms with van der Waals surface area (Å²) in [5.74, 6) is -0.699. The summed E-state index contributed by atoms with van der Waals surface area (Å²) in [5, 5.41) is 11.8. The maximum atomic E-state index is 12.9. The molecule has 2 aromatic rings. The summed E-state index contributed by atoms with van der Waals surface area (Å²) in [5.41, 5.74) is 1.82. The number of hydrogen-bond donors (Lipinski definition) is 0. The average molecular weight is 287 g/mol. The van der Waals surface area contributed by atoms with Crippen LogP contribution in [0.15, 0.2) is 34.6 Å². The Labute approximate surface area is 121 Å². The molecule has 20 heavy (non-hydrogen) atoms. The molecular formula is C15H14FN3S. The van der Waals surface area contributed by atoms with Crippen molar-refractivity contribution in [3.63, 3.8) is 0 Å². The van der Waals surface area contributed by atoms with Crippen LogP contribution in [0.1, 0.15) is 35.1 Å². The van der Waals surface area contributed by atoms with Gasteiger partial charge in [0, 0.05) is 17.3 Å². The predicted molar refractivity (Wildman–Crippen MR) is 78.5 cm³/mol. The SMILES string of the molecule is Cc1csc([C@@H](C#N)C=N[C@@H](C)c2ccc(F)cc2)n1. The zero-order chi connectivity index (χ0) is 14.5. The van der Waals surface area contributed by atoms with Crippen LogP contribution < -0.4 is 0 Å². The Bertz CT molecular complexity index is 640. The van der Waals surface area contributed by atoms with Crippen molar-refractivity contribution in [1.82, 2.24) is 4.98 Å². The van der Waals surface area contributed by atoms with E-state index >= 15 is 0 Å². The van der Waals surface area contributed by atoms with Gasteiger partial charge < -0.3 is 0 Å². The highest BCUT2D eigenvalue weighted by Crippen LogP contribution is 2.21. The number of thiazole rings is 1. The van der Waals surface area contributed by atoms with Crippen molar-refractivity contribution in [2.75, 3.05) is 0 Å². The van der Waals surface area contributed by atoms with Crippen LogP contribution in [0, 0.1) is 24.1 Å². The molecule has 0 aliphatic rings. The molecule has 102 valence electrons. The number of hydrogen-bond acceptors (Lipinski definition) is 4. The lowest BCUT2D eigenvalue weighted by atomic mass is 10.1. The Balaban J connectivity index is 2.11. The Morgan fingerprint density at radius 3 is 2.65 bits per heavy atom. The Morgan fingerprint density at radius 1 is 1.40 bits per heavy atom. The van der Waals surface area contributed by atoms with Crippen LogP contribution in [0.3, 0.4) is 0 Å². The number of nitrogens with zero attached hydrogens (tertiary/aromatic N) is 3. The molecule has 0 fully saturated rings. The van der Waals surface area contributed by atoms with Crippen molar-refractivity contribution < 1.29 is 4.39 Å². The number of benzene rings is 1. The van der Waals surface area contributed by atoms with Gasteiger partial charge in [0.25, 0.3) is 0 Å². The summed E-state index contributed by atoms with van der Waals surface area (Å²) in [6.07, 6.45) is 1.62. The fraction of sp³-hybridized carbons (Fsp3) is 0.267. The number of aliphatic imine (C=N–C) groups is 1. The molecule has 0 radical (unpaired) electrons. The van der Waals surface area contributed by atoms with E-state index in [0.717, 1.165) is 16.3 Å². The Morgan fingerprint density at radius 2 is 2.10 bits per heavy atom. The maximum absolute atomic E-state index is 12.9. The van der Waals surface area contributed by atoms with Crippen molar-refractivity contribution >= 4 is 17.6 Å². The van der Waals surface area contributed by atoms with Gasteiger partial charge in [0.2, 0.25) is 0 Å². The van der Waals surface area contributed by atoms with E-state index in [9.17, 15) is 9.65 Å². The molecule has 2 atom stereocenters. The highest BCUT2D eigenvalue weighted by atomic mass is 32.1. The van der Waals surface area contributed by atoms with E-state index in [2.05, 4.69) is 16.0 Å². The second kappa shape index (κ2) is 6.40. The highest BCUT2D eigenvalue weighted by molar-refractivity contribution is 7.09. The number of aryl methyl sites for hydroxylation is 1. The maximum Gasteiger partial charge on any atom is 0.133 e. The lowest BCUT2D eigenvalue weighted by Crippen LogP contribution is -1.99. The standard InChI is InChI=1S/C15H14FN3S/c1-10-9-20-15(19-10)13(7-17)8-18-11(2)12-3-5-14(16)6-4-12/h3-6,8-9,11,13H,1-2H3/t11-,13-/m0/s1. The Hall–Kier alpha value is -2.06. The third-order valence-corrected chi connectivity index (χ3v) is 3.90. The number of rotatable bonds is 4. The molecule has 1 aromatic heterocycles. The zero-order valence-corrected chi connectivity index (χ0v) is 12.1. The third-order valence-electron chi connectivity index (χ3n) is 2.85. The van der Waals surface area contributed by atoms with Gasteiger partial charge in [-0.25, -0.2) is 9.37 Å². The van der Waals surface area contributed by atoms with Gasteiger partial charge in [-0.2, -0.15) is 5.26 Å². The summed E-state index contributed by atoms with van der Waals surface area (Å²) in [7, 11) is 0. The number of aromatic nitrogens is 1. The molecule has 0 N–H and O–H groups in total. The molecule has 0 spiro atoms. The normalized spacial score (nSPS) is 14.1. The van der Waals surface area contributed by atoms with Crippen molar-refractivity contribution in [2.24, 2.45) is 4.99 Å². The van der Waals surface area contributed by atoms with Crippen molar-refractivity contribution in [3.05, 3.63) is 51.7 Å². The molecule has 0 unspecified atom stereocenters. The van der Waals surface area contributed by atoms with Gasteiger partial charge in [0.15, 0.2) is 0 Å². The molecule has 1 heterocycles. The second-order valence-corrected chi connectivity index (χ2v) is 5.35. The smallest absolute Gasteiger partial charge is 0.133 e. The molecule has 0 aliphatic heterocycles.